The lowest BCUT2D eigenvalue weighted by molar-refractivity contribution is 0.566. The zero-order chi connectivity index (χ0) is 11.7. The van der Waals surface area contributed by atoms with E-state index in [1.54, 1.807) is 0 Å². The summed E-state index contributed by atoms with van der Waals surface area (Å²) in [5, 5.41) is 10.4. The summed E-state index contributed by atoms with van der Waals surface area (Å²) in [6.45, 7) is 5.65. The number of nitrogens with zero attached hydrogens (tertiary/aromatic N) is 4. The Kier molecular flexibility index (Phi) is 2.52. The van der Waals surface area contributed by atoms with E-state index in [1.165, 1.54) is 6.39 Å². The van der Waals surface area contributed by atoms with Crippen molar-refractivity contribution in [2.45, 2.75) is 6.92 Å². The summed E-state index contributed by atoms with van der Waals surface area (Å²) in [5.74, 6) is 2.00. The van der Waals surface area contributed by atoms with Crippen molar-refractivity contribution in [1.82, 2.24) is 25.5 Å². The molecule has 7 nitrogen and oxygen atoms in total. The maximum atomic E-state index is 5.28. The second-order valence-electron chi connectivity index (χ2n) is 3.99. The van der Waals surface area contributed by atoms with Gasteiger partial charge in [-0.1, -0.05) is 0 Å². The number of H-pyrrole nitrogens is 1. The van der Waals surface area contributed by atoms with Gasteiger partial charge in [0.1, 0.15) is 0 Å². The molecule has 17 heavy (non-hydrogen) atoms. The average molecular weight is 234 g/mol. The molecule has 0 bridgehead atoms. The monoisotopic (exact) mass is 234 g/mol. The number of aromatic nitrogens is 4. The van der Waals surface area contributed by atoms with Crippen molar-refractivity contribution in [3.8, 4) is 11.6 Å². The van der Waals surface area contributed by atoms with Gasteiger partial charge in [-0.3, -0.25) is 5.10 Å². The third-order valence-corrected chi connectivity index (χ3v) is 2.83. The Morgan fingerprint density at radius 2 is 2.18 bits per heavy atom. The zero-order valence-electron chi connectivity index (χ0n) is 9.60. The Morgan fingerprint density at radius 3 is 2.88 bits per heavy atom. The van der Waals surface area contributed by atoms with Gasteiger partial charge in [-0.15, -0.1) is 5.10 Å². The van der Waals surface area contributed by atoms with E-state index in [-0.39, 0.29) is 0 Å². The number of hydrogen-bond donors (Lipinski definition) is 2. The van der Waals surface area contributed by atoms with Crippen LogP contribution in [0.2, 0.25) is 0 Å². The first kappa shape index (κ1) is 10.3. The minimum Gasteiger partial charge on any atom is -0.440 e. The van der Waals surface area contributed by atoms with Gasteiger partial charge in [0.2, 0.25) is 5.95 Å². The van der Waals surface area contributed by atoms with Gasteiger partial charge in [-0.2, -0.15) is 4.98 Å². The van der Waals surface area contributed by atoms with Gasteiger partial charge < -0.3 is 14.6 Å². The van der Waals surface area contributed by atoms with Crippen LogP contribution in [-0.4, -0.2) is 46.3 Å². The molecule has 1 saturated heterocycles. The second-order valence-corrected chi connectivity index (χ2v) is 3.99. The largest absolute Gasteiger partial charge is 0.440 e. The van der Waals surface area contributed by atoms with E-state index < -0.39 is 0 Å². The van der Waals surface area contributed by atoms with Crippen molar-refractivity contribution in [1.29, 1.82) is 0 Å². The van der Waals surface area contributed by atoms with Crippen molar-refractivity contribution >= 4 is 5.95 Å². The molecule has 2 aromatic heterocycles. The molecule has 2 N–H and O–H groups in total. The molecule has 0 aliphatic carbocycles. The molecule has 90 valence electrons. The Bertz CT molecular complexity index is 498. The van der Waals surface area contributed by atoms with Gasteiger partial charge >= 0.3 is 0 Å². The lowest BCUT2D eigenvalue weighted by Crippen LogP contribution is -2.44. The maximum absolute atomic E-state index is 5.28. The molecular weight excluding hydrogens is 220 g/mol. The highest BCUT2D eigenvalue weighted by atomic mass is 16.3. The maximum Gasteiger partial charge on any atom is 0.245 e. The average Bonchev–Trinajstić information content (AvgIpc) is 2.98. The van der Waals surface area contributed by atoms with Gasteiger partial charge in [0.25, 0.3) is 0 Å². The molecule has 0 aromatic carbocycles. The Morgan fingerprint density at radius 1 is 1.35 bits per heavy atom. The first-order chi connectivity index (χ1) is 8.34. The van der Waals surface area contributed by atoms with Crippen molar-refractivity contribution in [2.24, 2.45) is 0 Å². The van der Waals surface area contributed by atoms with Crippen molar-refractivity contribution in [3.05, 3.63) is 12.1 Å². The molecule has 0 spiro atoms. The van der Waals surface area contributed by atoms with E-state index in [0.717, 1.165) is 37.8 Å². The second kappa shape index (κ2) is 4.17. The number of rotatable bonds is 2. The quantitative estimate of drug-likeness (QED) is 0.771. The fourth-order valence-electron chi connectivity index (χ4n) is 1.89. The summed E-state index contributed by atoms with van der Waals surface area (Å²) in [7, 11) is 0. The van der Waals surface area contributed by atoms with Crippen LogP contribution in [0.5, 0.6) is 0 Å². The Hall–Kier alpha value is -1.89. The van der Waals surface area contributed by atoms with E-state index in [2.05, 4.69) is 30.4 Å². The topological polar surface area (TPSA) is 82.9 Å². The van der Waals surface area contributed by atoms with Crippen LogP contribution in [0.15, 0.2) is 10.8 Å². The fourth-order valence-corrected chi connectivity index (χ4v) is 1.89. The molecule has 1 aliphatic heterocycles. The van der Waals surface area contributed by atoms with Gasteiger partial charge in [0.05, 0.1) is 5.69 Å². The number of nitrogens with one attached hydrogen (secondary N) is 2. The van der Waals surface area contributed by atoms with Crippen LogP contribution in [0.4, 0.5) is 5.95 Å². The molecular formula is C10H14N6O. The highest BCUT2D eigenvalue weighted by Crippen LogP contribution is 2.20. The minimum atomic E-state index is 0.633. The van der Waals surface area contributed by atoms with E-state index in [1.807, 2.05) is 6.92 Å². The molecule has 3 heterocycles. The normalized spacial score (nSPS) is 16.4. The van der Waals surface area contributed by atoms with E-state index in [9.17, 15) is 0 Å². The highest BCUT2D eigenvalue weighted by molar-refractivity contribution is 5.51. The molecule has 0 atom stereocenters. The number of anilines is 1. The van der Waals surface area contributed by atoms with Crippen LogP contribution in [0, 0.1) is 6.92 Å². The third kappa shape index (κ3) is 1.89. The smallest absolute Gasteiger partial charge is 0.245 e. The lowest BCUT2D eigenvalue weighted by atomic mass is 10.3. The lowest BCUT2D eigenvalue weighted by Gasteiger charge is -2.25. The molecule has 0 radical (unpaired) electrons. The summed E-state index contributed by atoms with van der Waals surface area (Å²) in [4.78, 5) is 10.6. The molecule has 0 unspecified atom stereocenters. The van der Waals surface area contributed by atoms with Gasteiger partial charge in [-0.05, 0) is 6.92 Å². The highest BCUT2D eigenvalue weighted by Gasteiger charge is 2.17. The molecule has 3 rings (SSSR count). The molecule has 1 fully saturated rings. The Labute approximate surface area is 98.2 Å². The van der Waals surface area contributed by atoms with Crippen LogP contribution in [0.3, 0.4) is 0 Å². The van der Waals surface area contributed by atoms with Crippen LogP contribution < -0.4 is 10.2 Å². The van der Waals surface area contributed by atoms with E-state index in [4.69, 9.17) is 4.42 Å². The number of aryl methyl sites for hydroxylation is 1. The van der Waals surface area contributed by atoms with Crippen molar-refractivity contribution < 1.29 is 4.42 Å². The first-order valence-electron chi connectivity index (χ1n) is 5.63. The van der Waals surface area contributed by atoms with E-state index in [0.29, 0.717) is 11.6 Å². The number of aromatic amines is 1. The zero-order valence-corrected chi connectivity index (χ0v) is 9.60. The van der Waals surface area contributed by atoms with Gasteiger partial charge in [-0.25, -0.2) is 4.98 Å². The van der Waals surface area contributed by atoms with Crippen LogP contribution >= 0.6 is 0 Å². The summed E-state index contributed by atoms with van der Waals surface area (Å²) >= 11 is 0. The first-order valence-corrected chi connectivity index (χ1v) is 5.63. The molecule has 2 aromatic rings. The summed E-state index contributed by atoms with van der Waals surface area (Å²) < 4.78 is 5.28. The number of hydrogen-bond acceptors (Lipinski definition) is 6. The molecule has 1 aliphatic rings. The molecule has 7 heteroatoms. The predicted octanol–water partition coefficient (Wildman–Crippen LogP) is 0.178. The number of oxazole rings is 1. The van der Waals surface area contributed by atoms with Crippen LogP contribution in [0.25, 0.3) is 11.6 Å². The minimum absolute atomic E-state index is 0.633. The van der Waals surface area contributed by atoms with Crippen LogP contribution in [0.1, 0.15) is 5.69 Å². The van der Waals surface area contributed by atoms with Crippen molar-refractivity contribution in [3.63, 3.8) is 0 Å². The number of piperazine rings is 1. The van der Waals surface area contributed by atoms with Crippen LogP contribution in [-0.2, 0) is 0 Å². The molecule has 0 amide bonds. The SMILES string of the molecule is Cc1ncoc1-c1nc(N2CCNCC2)n[nH]1. The summed E-state index contributed by atoms with van der Waals surface area (Å²) in [6.07, 6.45) is 1.41. The summed E-state index contributed by atoms with van der Waals surface area (Å²) in [6, 6.07) is 0. The molecule has 0 saturated carbocycles. The van der Waals surface area contributed by atoms with Crippen molar-refractivity contribution in [2.75, 3.05) is 31.1 Å². The summed E-state index contributed by atoms with van der Waals surface area (Å²) in [5.41, 5.74) is 0.813. The predicted molar refractivity (Wildman–Crippen MR) is 61.7 cm³/mol. The third-order valence-electron chi connectivity index (χ3n) is 2.83. The fraction of sp³-hybridized carbons (Fsp3) is 0.500. The van der Waals surface area contributed by atoms with E-state index >= 15 is 0 Å². The van der Waals surface area contributed by atoms with Gasteiger partial charge in [0.15, 0.2) is 18.0 Å². The Balaban J connectivity index is 1.85. The van der Waals surface area contributed by atoms with Gasteiger partial charge in [0, 0.05) is 26.2 Å². The standard InChI is InChI=1S/C10H14N6O/c1-7-8(17-6-12-7)9-13-10(15-14-9)16-4-2-11-3-5-16/h6,11H,2-5H2,1H3,(H,13,14,15).